The standard InChI is InChI=1S/C30H31FN8O3.C25H23FN8O.C21H14BrFN6O.C9H18N2O2/c1-19-15-20(5-8-24(19)41-21-9-10-39-25(16-21)33-18-35-39)36-28-26-22(32-17-34-28)6-7-23(27(26)31)37-11-13-38(14-12-37)29(40)42-30(2,3)4;1-16-12-17(2-5-21(16)35-18-6-9-34-22(13-18)29-15-31-34)32-25-23-19(28-14-30-25)3-4-20(24(23)26)33-10-7-27-8-11-33;1-12-8-13(28-21-19-16(24-10-26-21)4-3-15(22)20(19)23)2-5-17(12)30-14-6-7-29-18(9-14)25-11-27-29;1-9(2,3)13-8(12)11-6-4-10-5-7-11/h5-10,15-18H,11-14H2,1-4H3,(H,32,34,36);2-6,9,12-15,27H,7-8,10-11H2,1H3,(H,28,30,32);2-11H,1H3,(H,24,26,28);10H,4-7H2,1-3H3. The van der Waals surface area contributed by atoms with Gasteiger partial charge in [-0.3, -0.25) is 0 Å². The van der Waals surface area contributed by atoms with Gasteiger partial charge < -0.3 is 69.9 Å². The molecule has 5 N–H and O–H groups in total. The van der Waals surface area contributed by atoms with Gasteiger partial charge in [-0.1, -0.05) is 0 Å². The number of hydrogen-bond donors (Lipinski definition) is 5. The quantitative estimate of drug-likeness (QED) is 0.0675. The number of amides is 2. The zero-order chi connectivity index (χ0) is 83.8. The van der Waals surface area contributed by atoms with Crippen molar-refractivity contribution in [2.45, 2.75) is 73.5 Å². The summed E-state index contributed by atoms with van der Waals surface area (Å²) in [7, 11) is 0. The number of aromatic nitrogens is 15. The van der Waals surface area contributed by atoms with Crippen LogP contribution in [0.3, 0.4) is 0 Å². The van der Waals surface area contributed by atoms with Crippen molar-refractivity contribution >= 4 is 124 Å². The molecule has 9 aromatic heterocycles. The van der Waals surface area contributed by atoms with Crippen LogP contribution < -0.4 is 50.6 Å². The summed E-state index contributed by atoms with van der Waals surface area (Å²) >= 11 is 3.22. The van der Waals surface area contributed by atoms with Crippen LogP contribution in [0.25, 0.3) is 49.7 Å². The van der Waals surface area contributed by atoms with Crippen LogP contribution in [-0.2, 0) is 9.47 Å². The number of nitrogens with zero attached hydrogens (tertiary/aromatic N) is 19. The Labute approximate surface area is 695 Å². The van der Waals surface area contributed by atoms with Crippen LogP contribution in [0.1, 0.15) is 58.2 Å². The predicted molar refractivity (Wildman–Crippen MR) is 455 cm³/mol. The minimum atomic E-state index is -0.568. The van der Waals surface area contributed by atoms with Gasteiger partial charge >= 0.3 is 12.2 Å². The molecule has 12 heterocycles. The third-order valence-corrected chi connectivity index (χ3v) is 20.0. The molecule has 0 saturated carbocycles. The van der Waals surface area contributed by atoms with Gasteiger partial charge in [0.25, 0.3) is 0 Å². The smallest absolute Gasteiger partial charge is 0.410 e. The average molecular weight is 1690 g/mol. The molecule has 0 unspecified atom stereocenters. The minimum absolute atomic E-state index is 0.200. The second-order valence-electron chi connectivity index (χ2n) is 30.3. The van der Waals surface area contributed by atoms with Gasteiger partial charge in [0.1, 0.15) is 101 Å². The number of anilines is 8. The van der Waals surface area contributed by atoms with Crippen molar-refractivity contribution in [2.24, 2.45) is 0 Å². The number of nitrogens with one attached hydrogen (secondary N) is 5. The van der Waals surface area contributed by atoms with Gasteiger partial charge in [0.2, 0.25) is 0 Å². The van der Waals surface area contributed by atoms with E-state index in [0.717, 1.165) is 86.1 Å². The molecule has 3 aliphatic rings. The van der Waals surface area contributed by atoms with Crippen molar-refractivity contribution in [3.8, 4) is 34.5 Å². The number of halogens is 4. The highest BCUT2D eigenvalue weighted by atomic mass is 79.9. The minimum Gasteiger partial charge on any atom is -0.457 e. The topological polar surface area (TPSA) is 321 Å². The Balaban J connectivity index is 0.000000132. The van der Waals surface area contributed by atoms with Crippen LogP contribution in [0, 0.1) is 38.2 Å². The maximum Gasteiger partial charge on any atom is 0.410 e. The molecule has 0 radical (unpaired) electrons. The van der Waals surface area contributed by atoms with Gasteiger partial charge in [0.15, 0.2) is 34.4 Å². The third-order valence-electron chi connectivity index (χ3n) is 19.4. The summed E-state index contributed by atoms with van der Waals surface area (Å²) in [6, 6.07) is 38.4. The molecule has 31 nitrogen and oxygen atoms in total. The number of benzene rings is 6. The van der Waals surface area contributed by atoms with Crippen molar-refractivity contribution in [3.63, 3.8) is 0 Å². The van der Waals surface area contributed by atoms with Crippen molar-refractivity contribution in [1.29, 1.82) is 0 Å². The first-order valence-electron chi connectivity index (χ1n) is 38.7. The lowest BCUT2D eigenvalue weighted by Crippen LogP contribution is -2.50. The third kappa shape index (κ3) is 19.4. The van der Waals surface area contributed by atoms with Gasteiger partial charge in [-0.15, -0.1) is 0 Å². The summed E-state index contributed by atoms with van der Waals surface area (Å²) in [4.78, 5) is 69.5. The highest BCUT2D eigenvalue weighted by Gasteiger charge is 2.30. The normalized spacial score (nSPS) is 13.7. The van der Waals surface area contributed by atoms with E-state index in [1.165, 1.54) is 38.0 Å². The van der Waals surface area contributed by atoms with Crippen molar-refractivity contribution < 1.29 is 46.4 Å². The number of rotatable bonds is 14. The molecule has 120 heavy (non-hydrogen) atoms. The molecule has 2 amide bonds. The van der Waals surface area contributed by atoms with Crippen LogP contribution in [0.2, 0.25) is 0 Å². The largest absolute Gasteiger partial charge is 0.457 e. The highest BCUT2D eigenvalue weighted by molar-refractivity contribution is 9.10. The van der Waals surface area contributed by atoms with Gasteiger partial charge in [-0.25, -0.2) is 81.2 Å². The van der Waals surface area contributed by atoms with Gasteiger partial charge in [-0.05, 0) is 204 Å². The summed E-state index contributed by atoms with van der Waals surface area (Å²) in [5.74, 6) is 4.09. The Bertz CT molecular complexity index is 6240. The molecule has 35 heteroatoms. The summed E-state index contributed by atoms with van der Waals surface area (Å²) in [5.41, 5.74) is 8.66. The van der Waals surface area contributed by atoms with Crippen molar-refractivity contribution in [1.82, 2.24) is 94.1 Å². The number of pyridine rings is 3. The molecular formula is C85H86BrF3N24O7. The van der Waals surface area contributed by atoms with E-state index < -0.39 is 17.2 Å². The Hall–Kier alpha value is -13.7. The number of carbonyl (C=O) groups excluding carboxylic acids is 2. The van der Waals surface area contributed by atoms with E-state index in [0.29, 0.717) is 144 Å². The zero-order valence-electron chi connectivity index (χ0n) is 67.2. The monoisotopic (exact) mass is 1690 g/mol. The molecule has 18 rings (SSSR count). The fourth-order valence-electron chi connectivity index (χ4n) is 13.5. The Morgan fingerprint density at radius 2 is 0.733 bits per heavy atom. The lowest BCUT2D eigenvalue weighted by molar-refractivity contribution is 0.0223. The van der Waals surface area contributed by atoms with E-state index in [1.54, 1.807) is 72.3 Å². The Morgan fingerprint density at radius 3 is 1.10 bits per heavy atom. The fourth-order valence-corrected chi connectivity index (χ4v) is 13.8. The molecule has 3 fully saturated rings. The van der Waals surface area contributed by atoms with Gasteiger partial charge in [0.05, 0.1) is 48.6 Å². The summed E-state index contributed by atoms with van der Waals surface area (Å²) in [6.45, 7) is 25.2. The molecule has 0 spiro atoms. The number of aryl methyl sites for hydroxylation is 3. The van der Waals surface area contributed by atoms with Crippen LogP contribution in [0.15, 0.2) is 188 Å². The zero-order valence-corrected chi connectivity index (χ0v) is 68.8. The van der Waals surface area contributed by atoms with Crippen LogP contribution in [0.5, 0.6) is 34.5 Å². The second-order valence-corrected chi connectivity index (χ2v) is 31.2. The van der Waals surface area contributed by atoms with Crippen molar-refractivity contribution in [2.75, 3.05) is 104 Å². The van der Waals surface area contributed by atoms with Gasteiger partial charge in [0, 0.05) is 132 Å². The number of hydrogen-bond acceptors (Lipinski definition) is 26. The molecule has 6 aromatic carbocycles. The molecule has 0 bridgehead atoms. The molecule has 616 valence electrons. The van der Waals surface area contributed by atoms with E-state index >= 15 is 8.78 Å². The highest BCUT2D eigenvalue weighted by Crippen LogP contribution is 2.39. The van der Waals surface area contributed by atoms with Crippen LogP contribution in [-0.4, -0.2) is 185 Å². The molecule has 0 aliphatic carbocycles. The lowest BCUT2D eigenvalue weighted by Gasteiger charge is -2.37. The summed E-state index contributed by atoms with van der Waals surface area (Å²) < 4.78 is 80.6. The number of ether oxygens (including phenoxy) is 5. The van der Waals surface area contributed by atoms with E-state index in [-0.39, 0.29) is 23.6 Å². The van der Waals surface area contributed by atoms with Crippen molar-refractivity contribution in [3.05, 3.63) is 223 Å². The van der Waals surface area contributed by atoms with E-state index in [2.05, 4.69) is 108 Å². The molecule has 0 atom stereocenters. The first-order valence-corrected chi connectivity index (χ1v) is 39.5. The SMILES string of the molecule is CC(C)(C)OC(=O)N1CCNCC1.Cc1cc(Nc2ncnc3ccc(Br)c(F)c23)ccc1Oc1ccn2ncnc2c1.Cc1cc(Nc2ncnc3ccc(N4CCN(C(=O)OC(C)(C)C)CC4)c(F)c23)ccc1Oc1ccn2ncnc2c1.Cc1cc(Nc2ncnc3ccc(N4CCNCC4)c(F)c23)ccc1Oc1ccn2ncnc2c1. The number of carbonyl (C=O) groups is 2. The van der Waals surface area contributed by atoms with Gasteiger partial charge in [-0.2, -0.15) is 15.3 Å². The second kappa shape index (κ2) is 35.7. The lowest BCUT2D eigenvalue weighted by atomic mass is 10.1. The first-order chi connectivity index (χ1) is 57.9. The molecular weight excluding hydrogens is 1610 g/mol. The van der Waals surface area contributed by atoms with Crippen LogP contribution >= 0.6 is 15.9 Å². The van der Waals surface area contributed by atoms with E-state index in [1.807, 2.05) is 164 Å². The fraction of sp³-hybridized carbons (Fsp3) is 0.271. The Morgan fingerprint density at radius 1 is 0.392 bits per heavy atom. The summed E-state index contributed by atoms with van der Waals surface area (Å²) in [5, 5.41) is 29.5. The van der Waals surface area contributed by atoms with Crippen LogP contribution in [0.4, 0.5) is 68.7 Å². The molecule has 15 aromatic rings. The van der Waals surface area contributed by atoms with E-state index in [4.69, 9.17) is 23.7 Å². The average Bonchev–Trinajstić information content (AvgIpc) is 1.01. The Kier molecular flexibility index (Phi) is 24.2. The maximum atomic E-state index is 16.1. The number of piperazine rings is 3. The molecule has 3 saturated heterocycles. The molecule has 3 aliphatic heterocycles. The predicted octanol–water partition coefficient (Wildman–Crippen LogP) is 16.0. The maximum absolute atomic E-state index is 16.1. The first kappa shape index (κ1) is 81.5. The van der Waals surface area contributed by atoms with E-state index in [9.17, 15) is 14.0 Å². The summed E-state index contributed by atoms with van der Waals surface area (Å²) in [6.07, 6.45) is 13.5. The number of fused-ring (bicyclic) bond motifs is 6.